The standard InChI is InChI=1S/C12H12O2S/c1-8-9-4-2-3-5-10(9)15-11(8)12-13-6-7-14-12/h2-5,12H,6-7H2,1H3. The Labute approximate surface area is 92.4 Å². The number of benzene rings is 1. The predicted octanol–water partition coefficient (Wildman–Crippen LogP) is 3.26. The quantitative estimate of drug-likeness (QED) is 0.734. The zero-order chi connectivity index (χ0) is 10.3. The van der Waals surface area contributed by atoms with E-state index < -0.39 is 0 Å². The zero-order valence-electron chi connectivity index (χ0n) is 8.53. The largest absolute Gasteiger partial charge is 0.345 e. The first kappa shape index (κ1) is 9.33. The summed E-state index contributed by atoms with van der Waals surface area (Å²) in [5, 5.41) is 1.32. The molecule has 78 valence electrons. The van der Waals surface area contributed by atoms with E-state index in [0.29, 0.717) is 13.2 Å². The molecule has 1 aliphatic rings. The molecule has 0 saturated carbocycles. The Kier molecular flexibility index (Phi) is 2.24. The van der Waals surface area contributed by atoms with Crippen molar-refractivity contribution >= 4 is 21.4 Å². The van der Waals surface area contributed by atoms with Gasteiger partial charge in [-0.3, -0.25) is 0 Å². The molecule has 0 bridgehead atoms. The maximum Gasteiger partial charge on any atom is 0.193 e. The second kappa shape index (κ2) is 3.59. The van der Waals surface area contributed by atoms with E-state index in [-0.39, 0.29) is 6.29 Å². The lowest BCUT2D eigenvalue weighted by Crippen LogP contribution is -1.96. The summed E-state index contributed by atoms with van der Waals surface area (Å²) in [7, 11) is 0. The molecule has 0 aliphatic carbocycles. The second-order valence-electron chi connectivity index (χ2n) is 3.66. The van der Waals surface area contributed by atoms with Crippen molar-refractivity contribution in [2.75, 3.05) is 13.2 Å². The summed E-state index contributed by atoms with van der Waals surface area (Å²) in [5.74, 6) is 0. The summed E-state index contributed by atoms with van der Waals surface area (Å²) < 4.78 is 12.4. The monoisotopic (exact) mass is 220 g/mol. The lowest BCUT2D eigenvalue weighted by atomic mass is 10.1. The third kappa shape index (κ3) is 1.47. The van der Waals surface area contributed by atoms with Crippen LogP contribution in [-0.4, -0.2) is 13.2 Å². The highest BCUT2D eigenvalue weighted by Crippen LogP contribution is 2.37. The van der Waals surface area contributed by atoms with Crippen molar-refractivity contribution in [3.8, 4) is 0 Å². The number of fused-ring (bicyclic) bond motifs is 1. The van der Waals surface area contributed by atoms with Crippen LogP contribution >= 0.6 is 11.3 Å². The molecule has 0 atom stereocenters. The van der Waals surface area contributed by atoms with Gasteiger partial charge in [0.05, 0.1) is 18.1 Å². The molecule has 1 aromatic carbocycles. The van der Waals surface area contributed by atoms with E-state index in [1.807, 2.05) is 0 Å². The van der Waals surface area contributed by atoms with Gasteiger partial charge in [-0.2, -0.15) is 0 Å². The molecule has 0 amide bonds. The van der Waals surface area contributed by atoms with Crippen LogP contribution in [0, 0.1) is 6.92 Å². The third-order valence-electron chi connectivity index (χ3n) is 2.72. The summed E-state index contributed by atoms with van der Waals surface area (Å²) in [6.07, 6.45) is -0.137. The fourth-order valence-corrected chi connectivity index (χ4v) is 3.14. The van der Waals surface area contributed by atoms with Crippen molar-refractivity contribution in [3.05, 3.63) is 34.7 Å². The number of ether oxygens (including phenoxy) is 2. The fraction of sp³-hybridized carbons (Fsp3) is 0.333. The van der Waals surface area contributed by atoms with Gasteiger partial charge < -0.3 is 9.47 Å². The van der Waals surface area contributed by atoms with Gasteiger partial charge in [0.2, 0.25) is 0 Å². The topological polar surface area (TPSA) is 18.5 Å². The molecule has 2 aromatic rings. The van der Waals surface area contributed by atoms with Gasteiger partial charge in [-0.25, -0.2) is 0 Å². The molecule has 2 nitrogen and oxygen atoms in total. The Bertz CT molecular complexity index is 483. The first-order valence-electron chi connectivity index (χ1n) is 5.07. The molecule has 3 rings (SSSR count). The molecule has 2 heterocycles. The molecule has 0 N–H and O–H groups in total. The molecule has 0 spiro atoms. The normalized spacial score (nSPS) is 17.7. The lowest BCUT2D eigenvalue weighted by molar-refractivity contribution is -0.0416. The van der Waals surface area contributed by atoms with E-state index in [9.17, 15) is 0 Å². The van der Waals surface area contributed by atoms with Crippen LogP contribution in [0.2, 0.25) is 0 Å². The number of rotatable bonds is 1. The van der Waals surface area contributed by atoms with E-state index >= 15 is 0 Å². The van der Waals surface area contributed by atoms with Crippen molar-refractivity contribution < 1.29 is 9.47 Å². The van der Waals surface area contributed by atoms with Crippen molar-refractivity contribution in [2.24, 2.45) is 0 Å². The van der Waals surface area contributed by atoms with E-state index in [1.165, 1.54) is 20.5 Å². The molecular weight excluding hydrogens is 208 g/mol. The Balaban J connectivity index is 2.14. The predicted molar refractivity (Wildman–Crippen MR) is 61.2 cm³/mol. The molecule has 3 heteroatoms. The van der Waals surface area contributed by atoms with E-state index in [1.54, 1.807) is 11.3 Å². The van der Waals surface area contributed by atoms with Crippen LogP contribution < -0.4 is 0 Å². The Morgan fingerprint density at radius 1 is 1.20 bits per heavy atom. The summed E-state index contributed by atoms with van der Waals surface area (Å²) in [6, 6.07) is 8.44. The Hall–Kier alpha value is -0.900. The first-order chi connectivity index (χ1) is 7.36. The molecule has 1 aromatic heterocycles. The number of hydrogen-bond acceptors (Lipinski definition) is 3. The first-order valence-corrected chi connectivity index (χ1v) is 5.89. The van der Waals surface area contributed by atoms with Crippen LogP contribution in [0.4, 0.5) is 0 Å². The van der Waals surface area contributed by atoms with Gasteiger partial charge in [0.1, 0.15) is 0 Å². The molecule has 1 fully saturated rings. The lowest BCUT2D eigenvalue weighted by Gasteiger charge is -2.06. The van der Waals surface area contributed by atoms with Gasteiger partial charge in [-0.05, 0) is 23.9 Å². The highest BCUT2D eigenvalue weighted by Gasteiger charge is 2.23. The molecule has 1 saturated heterocycles. The molecule has 15 heavy (non-hydrogen) atoms. The smallest absolute Gasteiger partial charge is 0.193 e. The Morgan fingerprint density at radius 2 is 1.93 bits per heavy atom. The van der Waals surface area contributed by atoms with E-state index in [2.05, 4.69) is 31.2 Å². The van der Waals surface area contributed by atoms with Crippen LogP contribution in [0.5, 0.6) is 0 Å². The third-order valence-corrected chi connectivity index (χ3v) is 4.01. The van der Waals surface area contributed by atoms with Crippen molar-refractivity contribution in [2.45, 2.75) is 13.2 Å². The van der Waals surface area contributed by atoms with Gasteiger partial charge >= 0.3 is 0 Å². The average Bonchev–Trinajstić information content (AvgIpc) is 2.87. The number of aryl methyl sites for hydroxylation is 1. The minimum absolute atomic E-state index is 0.137. The highest BCUT2D eigenvalue weighted by atomic mass is 32.1. The van der Waals surface area contributed by atoms with E-state index in [0.717, 1.165) is 0 Å². The average molecular weight is 220 g/mol. The maximum absolute atomic E-state index is 5.54. The van der Waals surface area contributed by atoms with Crippen LogP contribution in [0.25, 0.3) is 10.1 Å². The second-order valence-corrected chi connectivity index (χ2v) is 4.74. The van der Waals surface area contributed by atoms with Crippen LogP contribution in [0.1, 0.15) is 16.7 Å². The summed E-state index contributed by atoms with van der Waals surface area (Å²) in [6.45, 7) is 3.55. The van der Waals surface area contributed by atoms with E-state index in [4.69, 9.17) is 9.47 Å². The highest BCUT2D eigenvalue weighted by molar-refractivity contribution is 7.19. The van der Waals surface area contributed by atoms with Crippen molar-refractivity contribution in [1.82, 2.24) is 0 Å². The van der Waals surface area contributed by atoms with Gasteiger partial charge in [-0.15, -0.1) is 11.3 Å². The minimum Gasteiger partial charge on any atom is -0.345 e. The number of hydrogen-bond donors (Lipinski definition) is 0. The summed E-state index contributed by atoms with van der Waals surface area (Å²) in [4.78, 5) is 1.22. The molecular formula is C12H12O2S. The van der Waals surface area contributed by atoms with Crippen molar-refractivity contribution in [1.29, 1.82) is 0 Å². The van der Waals surface area contributed by atoms with Crippen LogP contribution in [-0.2, 0) is 9.47 Å². The summed E-state index contributed by atoms with van der Waals surface area (Å²) in [5.41, 5.74) is 1.29. The van der Waals surface area contributed by atoms with Gasteiger partial charge in [0.25, 0.3) is 0 Å². The molecule has 0 radical (unpaired) electrons. The van der Waals surface area contributed by atoms with Gasteiger partial charge in [0, 0.05) is 4.70 Å². The molecule has 0 unspecified atom stereocenters. The van der Waals surface area contributed by atoms with Crippen LogP contribution in [0.3, 0.4) is 0 Å². The number of thiophene rings is 1. The summed E-state index contributed by atoms with van der Waals surface area (Å²) >= 11 is 1.77. The SMILES string of the molecule is Cc1c(C2OCCO2)sc2ccccc12. The maximum atomic E-state index is 5.54. The van der Waals surface area contributed by atoms with Crippen molar-refractivity contribution in [3.63, 3.8) is 0 Å². The van der Waals surface area contributed by atoms with Crippen LogP contribution in [0.15, 0.2) is 24.3 Å². The fourth-order valence-electron chi connectivity index (χ4n) is 1.93. The minimum atomic E-state index is -0.137. The zero-order valence-corrected chi connectivity index (χ0v) is 9.34. The Morgan fingerprint density at radius 3 is 2.67 bits per heavy atom. The molecule has 1 aliphatic heterocycles. The van der Waals surface area contributed by atoms with Gasteiger partial charge in [-0.1, -0.05) is 18.2 Å². The van der Waals surface area contributed by atoms with Gasteiger partial charge in [0.15, 0.2) is 6.29 Å².